The van der Waals surface area contributed by atoms with Gasteiger partial charge in [-0.2, -0.15) is 4.68 Å². The maximum absolute atomic E-state index is 11.3. The summed E-state index contributed by atoms with van der Waals surface area (Å²) in [6.45, 7) is 1.90. The number of ether oxygens (including phenoxy) is 1. The van der Waals surface area contributed by atoms with Crippen LogP contribution in [0.5, 0.6) is 0 Å². The molecule has 0 bridgehead atoms. The van der Waals surface area contributed by atoms with Crippen molar-refractivity contribution in [3.63, 3.8) is 0 Å². The molecule has 1 aromatic rings. The second kappa shape index (κ2) is 6.19. The van der Waals surface area contributed by atoms with E-state index in [-0.39, 0.29) is 29.8 Å². The summed E-state index contributed by atoms with van der Waals surface area (Å²) in [4.78, 5) is 27.1. The number of carbonyl (C=O) groups is 1. The van der Waals surface area contributed by atoms with Gasteiger partial charge in [0.25, 0.3) is 0 Å². The Labute approximate surface area is 103 Å². The fourth-order valence-electron chi connectivity index (χ4n) is 1.20. The van der Waals surface area contributed by atoms with Crippen LogP contribution < -0.4 is 0 Å². The second-order valence-electron chi connectivity index (χ2n) is 3.03. The lowest BCUT2D eigenvalue weighted by Gasteiger charge is -2.00. The van der Waals surface area contributed by atoms with Crippen LogP contribution in [0.4, 0.5) is 5.82 Å². The molecule has 0 atom stereocenters. The van der Waals surface area contributed by atoms with Gasteiger partial charge in [0.15, 0.2) is 11.5 Å². The van der Waals surface area contributed by atoms with Crippen molar-refractivity contribution >= 4 is 23.4 Å². The van der Waals surface area contributed by atoms with Gasteiger partial charge in [-0.15, -0.1) is 11.6 Å². The van der Waals surface area contributed by atoms with E-state index in [1.54, 1.807) is 6.92 Å². The summed E-state index contributed by atoms with van der Waals surface area (Å²) in [5.41, 5.74) is 0.535. The first kappa shape index (κ1) is 13.4. The standard InChI is InChI=1S/C9H13ClN3O4/c1-3-17-9(14)6-12-7(5-10)4-8(11-12)13(15)16-2/h4H,3,5-6H2,1-2H3/q+1. The Balaban J connectivity index is 2.87. The molecular weight excluding hydrogens is 250 g/mol. The van der Waals surface area contributed by atoms with Crippen molar-refractivity contribution in [3.05, 3.63) is 16.7 Å². The average Bonchev–Trinajstić information content (AvgIpc) is 2.71. The molecule has 1 heterocycles. The van der Waals surface area contributed by atoms with Crippen molar-refractivity contribution in [2.45, 2.75) is 19.3 Å². The third-order valence-electron chi connectivity index (χ3n) is 1.92. The molecule has 0 aliphatic rings. The van der Waals surface area contributed by atoms with Crippen molar-refractivity contribution < 1.29 is 19.3 Å². The molecule has 94 valence electrons. The Kier molecular flexibility index (Phi) is 4.89. The SMILES string of the molecule is CCOC(=O)Cn1nc([N+](=O)OC)cc1CCl. The van der Waals surface area contributed by atoms with Crippen LogP contribution >= 0.6 is 11.6 Å². The van der Waals surface area contributed by atoms with Crippen molar-refractivity contribution in [3.8, 4) is 0 Å². The number of halogens is 1. The fraction of sp³-hybridized carbons (Fsp3) is 0.556. The molecule has 0 saturated carbocycles. The summed E-state index contributed by atoms with van der Waals surface area (Å²) in [6.07, 6.45) is 0. The molecule has 1 aromatic heterocycles. The largest absolute Gasteiger partial charge is 0.465 e. The smallest absolute Gasteiger partial charge is 0.434 e. The molecule has 0 spiro atoms. The average molecular weight is 263 g/mol. The topological polar surface area (TPSA) is 73.4 Å². The van der Waals surface area contributed by atoms with Gasteiger partial charge in [-0.3, -0.25) is 0 Å². The molecular formula is C9H13ClN3O4+. The monoisotopic (exact) mass is 262 g/mol. The fourth-order valence-corrected chi connectivity index (χ4v) is 1.41. The summed E-state index contributed by atoms with van der Waals surface area (Å²) in [5.74, 6) is -0.278. The van der Waals surface area contributed by atoms with Gasteiger partial charge in [0.1, 0.15) is 7.11 Å². The number of nitrogens with zero attached hydrogens (tertiary/aromatic N) is 3. The van der Waals surface area contributed by atoms with Gasteiger partial charge in [0.2, 0.25) is 0 Å². The van der Waals surface area contributed by atoms with Gasteiger partial charge in [-0.25, -0.2) is 4.79 Å². The number of esters is 1. The first-order chi connectivity index (χ1) is 8.12. The maximum Gasteiger partial charge on any atom is 0.434 e. The van der Waals surface area contributed by atoms with Crippen LogP contribution in [0.15, 0.2) is 6.07 Å². The lowest BCUT2D eigenvalue weighted by atomic mass is 10.4. The molecule has 1 rings (SSSR count). The number of alkyl halides is 1. The summed E-state index contributed by atoms with van der Waals surface area (Å²) in [7, 11) is 1.22. The van der Waals surface area contributed by atoms with E-state index in [9.17, 15) is 9.70 Å². The van der Waals surface area contributed by atoms with E-state index in [1.807, 2.05) is 0 Å². The molecule has 7 nitrogen and oxygen atoms in total. The highest BCUT2D eigenvalue weighted by atomic mass is 35.5. The van der Waals surface area contributed by atoms with Crippen molar-refractivity contribution in [1.82, 2.24) is 9.78 Å². The van der Waals surface area contributed by atoms with E-state index in [0.717, 1.165) is 0 Å². The van der Waals surface area contributed by atoms with Crippen LogP contribution in [0.25, 0.3) is 0 Å². The Morgan fingerprint density at radius 1 is 1.65 bits per heavy atom. The number of aromatic nitrogens is 2. The highest BCUT2D eigenvalue weighted by molar-refractivity contribution is 6.16. The van der Waals surface area contributed by atoms with Crippen LogP contribution in [0, 0.1) is 4.91 Å². The maximum atomic E-state index is 11.3. The molecule has 17 heavy (non-hydrogen) atoms. The van der Waals surface area contributed by atoms with Crippen LogP contribution in [0.2, 0.25) is 0 Å². The van der Waals surface area contributed by atoms with Gasteiger partial charge < -0.3 is 9.57 Å². The van der Waals surface area contributed by atoms with Crippen LogP contribution in [0.3, 0.4) is 0 Å². The summed E-state index contributed by atoms with van der Waals surface area (Å²) >= 11 is 5.68. The van der Waals surface area contributed by atoms with E-state index in [2.05, 4.69) is 9.94 Å². The Hall–Kier alpha value is -1.63. The van der Waals surface area contributed by atoms with Gasteiger partial charge >= 0.3 is 11.8 Å². The summed E-state index contributed by atoms with van der Waals surface area (Å²) in [6, 6.07) is 1.45. The first-order valence-corrected chi connectivity index (χ1v) is 5.45. The molecule has 0 aromatic carbocycles. The predicted octanol–water partition coefficient (Wildman–Crippen LogP) is 1.16. The highest BCUT2D eigenvalue weighted by Crippen LogP contribution is 2.14. The molecule has 0 amide bonds. The first-order valence-electron chi connectivity index (χ1n) is 4.92. The Morgan fingerprint density at radius 2 is 2.35 bits per heavy atom. The highest BCUT2D eigenvalue weighted by Gasteiger charge is 2.23. The number of carbonyl (C=O) groups excluding carboxylic acids is 1. The zero-order valence-electron chi connectivity index (χ0n) is 9.55. The molecule has 8 heteroatoms. The minimum absolute atomic E-state index is 0.0347. The molecule has 0 aliphatic heterocycles. The van der Waals surface area contributed by atoms with Gasteiger partial charge in [-0.05, 0) is 11.8 Å². The normalized spacial score (nSPS) is 10.1. The van der Waals surface area contributed by atoms with E-state index >= 15 is 0 Å². The van der Waals surface area contributed by atoms with Crippen molar-refractivity contribution in [2.75, 3.05) is 13.7 Å². The minimum Gasteiger partial charge on any atom is -0.465 e. The van der Waals surface area contributed by atoms with Gasteiger partial charge in [-0.1, -0.05) is 0 Å². The third-order valence-corrected chi connectivity index (χ3v) is 2.20. The van der Waals surface area contributed by atoms with E-state index in [1.165, 1.54) is 17.9 Å². The number of hydrogen-bond donors (Lipinski definition) is 0. The lowest BCUT2D eigenvalue weighted by molar-refractivity contribution is -0.739. The van der Waals surface area contributed by atoms with Crippen LogP contribution in [-0.2, 0) is 26.8 Å². The number of hydrogen-bond acceptors (Lipinski definition) is 5. The van der Waals surface area contributed by atoms with Gasteiger partial charge in [0, 0.05) is 0 Å². The quantitative estimate of drug-likeness (QED) is 0.437. The zero-order chi connectivity index (χ0) is 12.8. The van der Waals surface area contributed by atoms with E-state index in [0.29, 0.717) is 5.69 Å². The van der Waals surface area contributed by atoms with Crippen molar-refractivity contribution in [2.24, 2.45) is 0 Å². The van der Waals surface area contributed by atoms with Crippen LogP contribution in [0.1, 0.15) is 12.6 Å². The minimum atomic E-state index is -0.441. The van der Waals surface area contributed by atoms with Crippen LogP contribution in [-0.4, -0.2) is 34.4 Å². The summed E-state index contributed by atoms with van der Waals surface area (Å²) in [5, 5.41) is 3.89. The molecule has 0 saturated heterocycles. The zero-order valence-corrected chi connectivity index (χ0v) is 10.3. The molecule has 0 N–H and O–H groups in total. The Bertz CT molecular complexity index is 418. The molecule has 0 aliphatic carbocycles. The Morgan fingerprint density at radius 3 is 2.88 bits per heavy atom. The molecule has 0 radical (unpaired) electrons. The third kappa shape index (κ3) is 3.42. The number of rotatable bonds is 6. The summed E-state index contributed by atoms with van der Waals surface area (Å²) < 4.78 is 6.09. The lowest BCUT2D eigenvalue weighted by Crippen LogP contribution is -2.16. The molecule has 0 unspecified atom stereocenters. The van der Waals surface area contributed by atoms with Crippen molar-refractivity contribution in [1.29, 1.82) is 0 Å². The van der Waals surface area contributed by atoms with Gasteiger partial charge in [0.05, 0.1) is 29.3 Å². The predicted molar refractivity (Wildman–Crippen MR) is 58.7 cm³/mol. The van der Waals surface area contributed by atoms with E-state index < -0.39 is 5.97 Å². The molecule has 0 fully saturated rings. The second-order valence-corrected chi connectivity index (χ2v) is 3.30. The van der Waals surface area contributed by atoms with E-state index in [4.69, 9.17) is 16.3 Å².